The standard InChI is InChI=1S/C5H6O2/c6-4(7)5-1-3(5)2-5/h3H,1-2H2,(H,6,7)/p-1. The number of carboxylic acid groups (broad SMARTS) is 1. The Bertz CT molecular complexity index is 133. The fourth-order valence-electron chi connectivity index (χ4n) is 1.04. The summed E-state index contributed by atoms with van der Waals surface area (Å²) in [5.74, 6) is -0.296. The molecule has 2 nitrogen and oxygen atoms in total. The first-order chi connectivity index (χ1) is 3.26. The topological polar surface area (TPSA) is 40.1 Å². The zero-order valence-electron chi connectivity index (χ0n) is 3.81. The van der Waals surface area contributed by atoms with Gasteiger partial charge in [0.05, 0.1) is 0 Å². The van der Waals surface area contributed by atoms with E-state index >= 15 is 0 Å². The highest BCUT2D eigenvalue weighted by molar-refractivity contribution is 5.81. The lowest BCUT2D eigenvalue weighted by Crippen LogP contribution is -2.27. The van der Waals surface area contributed by atoms with Gasteiger partial charge in [-0.15, -0.1) is 0 Å². The lowest BCUT2D eigenvalue weighted by molar-refractivity contribution is -0.310. The van der Waals surface area contributed by atoms with Gasteiger partial charge < -0.3 is 9.90 Å². The van der Waals surface area contributed by atoms with Crippen LogP contribution in [0.3, 0.4) is 0 Å². The minimum Gasteiger partial charge on any atom is -0.550 e. The molecule has 7 heavy (non-hydrogen) atoms. The van der Waals surface area contributed by atoms with Crippen molar-refractivity contribution in [3.05, 3.63) is 0 Å². The van der Waals surface area contributed by atoms with Gasteiger partial charge >= 0.3 is 0 Å². The second kappa shape index (κ2) is 0.602. The number of hydrogen-bond acceptors (Lipinski definition) is 2. The van der Waals surface area contributed by atoms with Crippen LogP contribution in [0.15, 0.2) is 0 Å². The van der Waals surface area contributed by atoms with Crippen LogP contribution in [0.2, 0.25) is 0 Å². The summed E-state index contributed by atoms with van der Waals surface area (Å²) in [6.45, 7) is 0. The summed E-state index contributed by atoms with van der Waals surface area (Å²) in [5.41, 5.74) is -0.278. The minimum atomic E-state index is -0.822. The van der Waals surface area contributed by atoms with Crippen molar-refractivity contribution in [3.8, 4) is 0 Å². The molecule has 0 spiro atoms. The van der Waals surface area contributed by atoms with Gasteiger partial charge in [-0.05, 0) is 18.8 Å². The van der Waals surface area contributed by atoms with E-state index in [0.717, 1.165) is 12.8 Å². The van der Waals surface area contributed by atoms with Crippen LogP contribution in [0.4, 0.5) is 0 Å². The first-order valence-electron chi connectivity index (χ1n) is 2.47. The normalized spacial score (nSPS) is 52.9. The summed E-state index contributed by atoms with van der Waals surface area (Å²) >= 11 is 0. The SMILES string of the molecule is O=C([O-])C12CC1C2. The Morgan fingerprint density at radius 1 is 1.71 bits per heavy atom. The molecule has 2 fully saturated rings. The van der Waals surface area contributed by atoms with Gasteiger partial charge in [0.1, 0.15) is 0 Å². The molecule has 0 atom stereocenters. The van der Waals surface area contributed by atoms with Gasteiger partial charge in [0, 0.05) is 11.4 Å². The average molecular weight is 97.1 g/mol. The second-order valence-corrected chi connectivity index (χ2v) is 2.55. The van der Waals surface area contributed by atoms with Gasteiger partial charge in [0.15, 0.2) is 0 Å². The van der Waals surface area contributed by atoms with Gasteiger partial charge in [-0.2, -0.15) is 0 Å². The molecule has 0 bridgehead atoms. The maximum Gasteiger partial charge on any atom is 0.0479 e. The largest absolute Gasteiger partial charge is 0.550 e. The summed E-state index contributed by atoms with van der Waals surface area (Å²) in [5, 5.41) is 10.0. The molecule has 0 saturated heterocycles. The van der Waals surface area contributed by atoms with E-state index in [1.54, 1.807) is 0 Å². The van der Waals surface area contributed by atoms with Crippen molar-refractivity contribution >= 4 is 5.97 Å². The molecule has 0 amide bonds. The third-order valence-electron chi connectivity index (χ3n) is 2.09. The monoisotopic (exact) mass is 97.0 g/mol. The molecule has 0 aromatic carbocycles. The second-order valence-electron chi connectivity index (χ2n) is 2.55. The van der Waals surface area contributed by atoms with Crippen LogP contribution in [0.5, 0.6) is 0 Å². The molecule has 0 N–H and O–H groups in total. The van der Waals surface area contributed by atoms with Gasteiger partial charge in [-0.1, -0.05) is 0 Å². The molecular weight excluding hydrogens is 92.1 g/mol. The zero-order chi connectivity index (χ0) is 5.07. The third-order valence-corrected chi connectivity index (χ3v) is 2.09. The highest BCUT2D eigenvalue weighted by Crippen LogP contribution is 2.74. The number of aliphatic carboxylic acids is 1. The van der Waals surface area contributed by atoms with Crippen LogP contribution in [-0.4, -0.2) is 5.97 Å². The predicted molar refractivity (Wildman–Crippen MR) is 20.2 cm³/mol. The smallest absolute Gasteiger partial charge is 0.0479 e. The van der Waals surface area contributed by atoms with Gasteiger partial charge in [0.25, 0.3) is 0 Å². The number of carboxylic acids is 1. The van der Waals surface area contributed by atoms with Crippen molar-refractivity contribution < 1.29 is 9.90 Å². The van der Waals surface area contributed by atoms with Crippen LogP contribution >= 0.6 is 0 Å². The van der Waals surface area contributed by atoms with Crippen LogP contribution < -0.4 is 5.11 Å². The van der Waals surface area contributed by atoms with Crippen molar-refractivity contribution in [2.24, 2.45) is 11.3 Å². The van der Waals surface area contributed by atoms with E-state index in [1.165, 1.54) is 0 Å². The van der Waals surface area contributed by atoms with E-state index in [4.69, 9.17) is 0 Å². The maximum atomic E-state index is 10.0. The van der Waals surface area contributed by atoms with Crippen molar-refractivity contribution in [2.75, 3.05) is 0 Å². The highest BCUT2D eigenvalue weighted by Gasteiger charge is 2.70. The first kappa shape index (κ1) is 3.47. The van der Waals surface area contributed by atoms with Crippen molar-refractivity contribution in [1.82, 2.24) is 0 Å². The summed E-state index contributed by atoms with van der Waals surface area (Å²) in [4.78, 5) is 10.0. The summed E-state index contributed by atoms with van der Waals surface area (Å²) < 4.78 is 0. The van der Waals surface area contributed by atoms with E-state index in [0.29, 0.717) is 5.92 Å². The lowest BCUT2D eigenvalue weighted by Gasteiger charge is -2.00. The Hall–Kier alpha value is -0.530. The summed E-state index contributed by atoms with van der Waals surface area (Å²) in [6, 6.07) is 0. The Morgan fingerprint density at radius 3 is 2.14 bits per heavy atom. The lowest BCUT2D eigenvalue weighted by atomic mass is 10.2. The molecule has 38 valence electrons. The summed E-state index contributed by atoms with van der Waals surface area (Å²) in [6.07, 6.45) is 1.80. The number of hydrogen-bond donors (Lipinski definition) is 0. The highest BCUT2D eigenvalue weighted by atomic mass is 16.4. The Balaban J connectivity index is 2.22. The maximum absolute atomic E-state index is 10.0. The van der Waals surface area contributed by atoms with E-state index in [9.17, 15) is 9.90 Å². The Morgan fingerprint density at radius 2 is 2.14 bits per heavy atom. The molecule has 0 aromatic heterocycles. The number of carbonyl (C=O) groups is 1. The molecule has 0 aromatic rings. The van der Waals surface area contributed by atoms with E-state index in [2.05, 4.69) is 0 Å². The van der Waals surface area contributed by atoms with Crippen LogP contribution in [0.1, 0.15) is 12.8 Å². The van der Waals surface area contributed by atoms with Gasteiger partial charge in [0.2, 0.25) is 0 Å². The molecule has 2 aliphatic carbocycles. The fourth-order valence-corrected chi connectivity index (χ4v) is 1.04. The number of carbonyl (C=O) groups excluding carboxylic acids is 1. The summed E-state index contributed by atoms with van der Waals surface area (Å²) in [7, 11) is 0. The quantitative estimate of drug-likeness (QED) is 0.427. The first-order valence-corrected chi connectivity index (χ1v) is 2.47. The van der Waals surface area contributed by atoms with Gasteiger partial charge in [-0.25, -0.2) is 0 Å². The predicted octanol–water partition coefficient (Wildman–Crippen LogP) is -0.854. The molecule has 2 aliphatic rings. The minimum absolute atomic E-state index is 0.278. The van der Waals surface area contributed by atoms with Crippen molar-refractivity contribution in [3.63, 3.8) is 0 Å². The van der Waals surface area contributed by atoms with Gasteiger partial charge in [-0.3, -0.25) is 0 Å². The molecular formula is C5H5O2-. The molecule has 0 aliphatic heterocycles. The Labute approximate surface area is 41.1 Å². The van der Waals surface area contributed by atoms with Crippen LogP contribution in [-0.2, 0) is 4.79 Å². The molecule has 2 saturated carbocycles. The average Bonchev–Trinajstić information content (AvgIpc) is 2.04. The van der Waals surface area contributed by atoms with Crippen molar-refractivity contribution in [2.45, 2.75) is 12.8 Å². The van der Waals surface area contributed by atoms with Crippen molar-refractivity contribution in [1.29, 1.82) is 0 Å². The zero-order valence-corrected chi connectivity index (χ0v) is 3.81. The van der Waals surface area contributed by atoms with E-state index < -0.39 is 5.97 Å². The number of rotatable bonds is 1. The Kier molecular flexibility index (Phi) is 0.299. The fraction of sp³-hybridized carbons (Fsp3) is 0.800. The molecule has 2 rings (SSSR count). The van der Waals surface area contributed by atoms with Crippen LogP contribution in [0, 0.1) is 11.3 Å². The molecule has 0 unspecified atom stereocenters. The third kappa shape index (κ3) is 0.216. The van der Waals surface area contributed by atoms with E-state index in [-0.39, 0.29) is 5.41 Å². The molecule has 2 heteroatoms. The molecule has 0 radical (unpaired) electrons. The van der Waals surface area contributed by atoms with E-state index in [1.807, 2.05) is 0 Å². The number of fused-ring (bicyclic) bond motifs is 1. The molecule has 0 heterocycles. The van der Waals surface area contributed by atoms with Crippen LogP contribution in [0.25, 0.3) is 0 Å².